The van der Waals surface area contributed by atoms with Gasteiger partial charge in [-0.3, -0.25) is 4.79 Å². The van der Waals surface area contributed by atoms with Crippen molar-refractivity contribution < 1.29 is 4.79 Å². The number of carbonyl (C=O) groups excluding carboxylic acids is 1. The van der Waals surface area contributed by atoms with Gasteiger partial charge in [-0.1, -0.05) is 23.2 Å². The predicted molar refractivity (Wildman–Crippen MR) is 85.4 cm³/mol. The van der Waals surface area contributed by atoms with Crippen LogP contribution < -0.4 is 5.32 Å². The van der Waals surface area contributed by atoms with Gasteiger partial charge in [0, 0.05) is 15.1 Å². The molecule has 0 saturated carbocycles. The summed E-state index contributed by atoms with van der Waals surface area (Å²) in [6, 6.07) is 10.4. The molecule has 0 aliphatic carbocycles. The number of nitrogens with zero attached hydrogens (tertiary/aromatic N) is 1. The zero-order valence-electron chi connectivity index (χ0n) is 9.95. The Bertz CT molecular complexity index is 759. The third kappa shape index (κ3) is 2.46. The lowest BCUT2D eigenvalue weighted by molar-refractivity contribution is -0.110. The number of fused-ring (bicyclic) bond motifs is 1. The van der Waals surface area contributed by atoms with Crippen molar-refractivity contribution >= 4 is 62.1 Å². The molecule has 0 radical (unpaired) electrons. The third-order valence-corrected chi connectivity index (χ3v) is 4.31. The largest absolute Gasteiger partial charge is 0.320 e. The van der Waals surface area contributed by atoms with Gasteiger partial charge in [0.1, 0.15) is 5.71 Å². The van der Waals surface area contributed by atoms with E-state index in [0.29, 0.717) is 32.7 Å². The number of amides is 1. The summed E-state index contributed by atoms with van der Waals surface area (Å²) in [7, 11) is 0. The van der Waals surface area contributed by atoms with Gasteiger partial charge >= 0.3 is 0 Å². The van der Waals surface area contributed by atoms with E-state index in [1.165, 1.54) is 0 Å². The Hall–Kier alpha value is -1.36. The normalized spacial score (nSPS) is 15.3. The van der Waals surface area contributed by atoms with Crippen LogP contribution in [0, 0.1) is 0 Å². The second kappa shape index (κ2) is 5.20. The maximum absolute atomic E-state index is 12.0. The van der Waals surface area contributed by atoms with Gasteiger partial charge in [0.15, 0.2) is 0 Å². The van der Waals surface area contributed by atoms with Gasteiger partial charge in [-0.25, -0.2) is 4.99 Å². The lowest BCUT2D eigenvalue weighted by atomic mass is 10.1. The van der Waals surface area contributed by atoms with Crippen molar-refractivity contribution in [2.45, 2.75) is 0 Å². The van der Waals surface area contributed by atoms with Gasteiger partial charge in [-0.2, -0.15) is 0 Å². The summed E-state index contributed by atoms with van der Waals surface area (Å²) >= 11 is 15.3. The maximum Gasteiger partial charge on any atom is 0.275 e. The number of aliphatic imine (C=N–C) groups is 1. The van der Waals surface area contributed by atoms with Gasteiger partial charge in [-0.15, -0.1) is 0 Å². The van der Waals surface area contributed by atoms with Crippen molar-refractivity contribution in [1.82, 2.24) is 0 Å². The van der Waals surface area contributed by atoms with E-state index in [2.05, 4.69) is 26.2 Å². The number of hydrogen-bond donors (Lipinski definition) is 1. The molecule has 1 amide bonds. The molecule has 0 atom stereocenters. The van der Waals surface area contributed by atoms with Crippen molar-refractivity contribution in [1.29, 1.82) is 0 Å². The second-order valence-corrected chi connectivity index (χ2v) is 5.90. The van der Waals surface area contributed by atoms with Crippen LogP contribution in [0.4, 0.5) is 11.4 Å². The molecule has 3 rings (SSSR count). The Morgan fingerprint density at radius 3 is 2.65 bits per heavy atom. The Morgan fingerprint density at radius 2 is 1.90 bits per heavy atom. The highest BCUT2D eigenvalue weighted by Crippen LogP contribution is 2.31. The number of nitrogens with one attached hydrogen (secondary N) is 1. The van der Waals surface area contributed by atoms with Crippen LogP contribution in [0.1, 0.15) is 5.56 Å². The van der Waals surface area contributed by atoms with E-state index in [4.69, 9.17) is 23.2 Å². The molecule has 1 heterocycles. The van der Waals surface area contributed by atoms with Gasteiger partial charge in [0.05, 0.1) is 16.4 Å². The van der Waals surface area contributed by atoms with Crippen LogP contribution in [0.15, 0.2) is 45.9 Å². The number of carbonyl (C=O) groups is 1. The van der Waals surface area contributed by atoms with Gasteiger partial charge in [0.2, 0.25) is 0 Å². The molecule has 1 aliphatic heterocycles. The number of halogens is 3. The molecular weight excluding hydrogens is 363 g/mol. The Balaban J connectivity index is 2.10. The summed E-state index contributed by atoms with van der Waals surface area (Å²) in [5, 5.41) is 3.85. The zero-order valence-corrected chi connectivity index (χ0v) is 13.1. The Labute approximate surface area is 133 Å². The van der Waals surface area contributed by atoms with Gasteiger partial charge in [0.25, 0.3) is 5.91 Å². The van der Waals surface area contributed by atoms with Crippen LogP contribution >= 0.6 is 39.1 Å². The van der Waals surface area contributed by atoms with E-state index in [9.17, 15) is 4.79 Å². The smallest absolute Gasteiger partial charge is 0.275 e. The van der Waals surface area contributed by atoms with E-state index in [1.54, 1.807) is 36.4 Å². The number of rotatable bonds is 1. The minimum atomic E-state index is -0.249. The van der Waals surface area contributed by atoms with Crippen molar-refractivity contribution in [2.24, 2.45) is 4.99 Å². The summed E-state index contributed by atoms with van der Waals surface area (Å²) in [6.07, 6.45) is 0. The standard InChI is InChI=1S/C14H7BrCl2N2O/c15-10-3-2-8(6-11(10)17)18-13-9-5-7(16)1-4-12(9)19-14(13)20/h1-6H,(H,18,19,20). The first-order valence-corrected chi connectivity index (χ1v) is 7.24. The minimum absolute atomic E-state index is 0.249. The van der Waals surface area contributed by atoms with Crippen molar-refractivity contribution in [3.63, 3.8) is 0 Å². The van der Waals surface area contributed by atoms with Crippen LogP contribution in [0.2, 0.25) is 10.0 Å². The fraction of sp³-hybridized carbons (Fsp3) is 0. The molecule has 6 heteroatoms. The summed E-state index contributed by atoms with van der Waals surface area (Å²) in [4.78, 5) is 16.3. The molecule has 0 saturated heterocycles. The molecule has 0 aromatic heterocycles. The molecule has 100 valence electrons. The highest BCUT2D eigenvalue weighted by molar-refractivity contribution is 9.10. The number of hydrogen-bond acceptors (Lipinski definition) is 2. The van der Waals surface area contributed by atoms with E-state index in [0.717, 1.165) is 4.47 Å². The topological polar surface area (TPSA) is 41.5 Å². The molecule has 0 fully saturated rings. The quantitative estimate of drug-likeness (QED) is 0.768. The van der Waals surface area contributed by atoms with Crippen LogP contribution in [0.25, 0.3) is 0 Å². The van der Waals surface area contributed by atoms with Crippen LogP contribution in [0.5, 0.6) is 0 Å². The first-order chi connectivity index (χ1) is 9.54. The number of benzene rings is 2. The highest BCUT2D eigenvalue weighted by Gasteiger charge is 2.26. The van der Waals surface area contributed by atoms with Crippen LogP contribution in [-0.4, -0.2) is 11.6 Å². The molecule has 2 aromatic rings. The minimum Gasteiger partial charge on any atom is -0.320 e. The highest BCUT2D eigenvalue weighted by atomic mass is 79.9. The first kappa shape index (κ1) is 13.6. The summed E-state index contributed by atoms with van der Waals surface area (Å²) in [5.74, 6) is -0.249. The molecule has 20 heavy (non-hydrogen) atoms. The molecule has 0 unspecified atom stereocenters. The molecule has 0 bridgehead atoms. The zero-order chi connectivity index (χ0) is 14.3. The molecule has 0 spiro atoms. The Kier molecular flexibility index (Phi) is 3.54. The van der Waals surface area contributed by atoms with Crippen molar-refractivity contribution in [3.05, 3.63) is 56.5 Å². The third-order valence-electron chi connectivity index (χ3n) is 2.84. The van der Waals surface area contributed by atoms with Crippen LogP contribution in [-0.2, 0) is 4.79 Å². The first-order valence-electron chi connectivity index (χ1n) is 5.69. The summed E-state index contributed by atoms with van der Waals surface area (Å²) < 4.78 is 0.780. The molecule has 3 nitrogen and oxygen atoms in total. The second-order valence-electron chi connectivity index (χ2n) is 4.20. The average molecular weight is 370 g/mol. The summed E-state index contributed by atoms with van der Waals surface area (Å²) in [6.45, 7) is 0. The molecule has 2 aromatic carbocycles. The van der Waals surface area contributed by atoms with Gasteiger partial charge < -0.3 is 5.32 Å². The van der Waals surface area contributed by atoms with Crippen LogP contribution in [0.3, 0.4) is 0 Å². The fourth-order valence-corrected chi connectivity index (χ4v) is 2.51. The molecule has 1 N–H and O–H groups in total. The fourth-order valence-electron chi connectivity index (χ4n) is 1.92. The van der Waals surface area contributed by atoms with E-state index < -0.39 is 0 Å². The molecule has 1 aliphatic rings. The maximum atomic E-state index is 12.0. The van der Waals surface area contributed by atoms with Crippen molar-refractivity contribution in [2.75, 3.05) is 5.32 Å². The monoisotopic (exact) mass is 368 g/mol. The van der Waals surface area contributed by atoms with E-state index in [1.807, 2.05) is 0 Å². The Morgan fingerprint density at radius 1 is 1.10 bits per heavy atom. The lowest BCUT2D eigenvalue weighted by Gasteiger charge is -2.00. The van der Waals surface area contributed by atoms with Crippen molar-refractivity contribution in [3.8, 4) is 0 Å². The SMILES string of the molecule is O=C1Nc2ccc(Cl)cc2C1=Nc1ccc(Br)c(Cl)c1. The van der Waals surface area contributed by atoms with E-state index in [-0.39, 0.29) is 5.91 Å². The predicted octanol–water partition coefficient (Wildman–Crippen LogP) is 4.83. The summed E-state index contributed by atoms with van der Waals surface area (Å²) in [5.41, 5.74) is 2.35. The number of anilines is 1. The van der Waals surface area contributed by atoms with Gasteiger partial charge in [-0.05, 0) is 52.3 Å². The lowest BCUT2D eigenvalue weighted by Crippen LogP contribution is -2.13. The van der Waals surface area contributed by atoms with E-state index >= 15 is 0 Å². The average Bonchev–Trinajstić information content (AvgIpc) is 2.70. The molecular formula is C14H7BrCl2N2O.